The van der Waals surface area contributed by atoms with Gasteiger partial charge in [-0.05, 0) is 36.8 Å². The minimum Gasteiger partial charge on any atom is -0.496 e. The summed E-state index contributed by atoms with van der Waals surface area (Å²) < 4.78 is 7.55. The van der Waals surface area contributed by atoms with Gasteiger partial charge in [-0.25, -0.2) is 0 Å². The lowest BCUT2D eigenvalue weighted by molar-refractivity contribution is 0.410. The van der Waals surface area contributed by atoms with Crippen LogP contribution in [0.15, 0.2) is 45.3 Å². The Morgan fingerprint density at radius 1 is 1.00 bits per heavy atom. The Morgan fingerprint density at radius 3 is 2.21 bits per heavy atom. The highest BCUT2D eigenvalue weighted by molar-refractivity contribution is 9.11. The number of methoxy groups -OCH3 is 1. The number of ether oxygens (including phenoxy) is 1. The molecular formula is C15H13Br3O. The number of hydrogen-bond donors (Lipinski definition) is 0. The summed E-state index contributed by atoms with van der Waals surface area (Å²) >= 11 is 10.8. The van der Waals surface area contributed by atoms with E-state index < -0.39 is 0 Å². The van der Waals surface area contributed by atoms with Crippen molar-refractivity contribution in [2.45, 2.75) is 11.8 Å². The normalized spacial score (nSPS) is 12.3. The van der Waals surface area contributed by atoms with Gasteiger partial charge in [0, 0.05) is 14.5 Å². The lowest BCUT2D eigenvalue weighted by atomic mass is 10.0. The summed E-state index contributed by atoms with van der Waals surface area (Å²) in [6, 6.07) is 12.4. The van der Waals surface area contributed by atoms with E-state index in [2.05, 4.69) is 79.0 Å². The topological polar surface area (TPSA) is 9.23 Å². The SMILES string of the molecule is COc1ccc(C)cc1C(Br)c1cc(Br)cc(Br)c1. The van der Waals surface area contributed by atoms with Gasteiger partial charge in [-0.15, -0.1) is 0 Å². The molecule has 19 heavy (non-hydrogen) atoms. The van der Waals surface area contributed by atoms with Crippen molar-refractivity contribution in [1.82, 2.24) is 0 Å². The molecule has 0 aliphatic heterocycles. The first-order valence-corrected chi connectivity index (χ1v) is 8.26. The molecule has 0 aromatic heterocycles. The van der Waals surface area contributed by atoms with Crippen LogP contribution >= 0.6 is 47.8 Å². The zero-order valence-electron chi connectivity index (χ0n) is 10.6. The fourth-order valence-electron chi connectivity index (χ4n) is 1.95. The fourth-order valence-corrected chi connectivity index (χ4v) is 3.90. The van der Waals surface area contributed by atoms with E-state index >= 15 is 0 Å². The van der Waals surface area contributed by atoms with Crippen LogP contribution in [0.5, 0.6) is 5.75 Å². The Hall–Kier alpha value is -0.320. The van der Waals surface area contributed by atoms with Crippen LogP contribution in [0.3, 0.4) is 0 Å². The van der Waals surface area contributed by atoms with Gasteiger partial charge in [0.15, 0.2) is 0 Å². The van der Waals surface area contributed by atoms with Gasteiger partial charge in [0.25, 0.3) is 0 Å². The molecule has 0 bridgehead atoms. The number of halogens is 3. The van der Waals surface area contributed by atoms with Crippen LogP contribution in [-0.2, 0) is 0 Å². The van der Waals surface area contributed by atoms with Crippen LogP contribution in [0.2, 0.25) is 0 Å². The highest BCUT2D eigenvalue weighted by Gasteiger charge is 2.16. The molecular weight excluding hydrogens is 436 g/mol. The van der Waals surface area contributed by atoms with Crippen LogP contribution in [0.4, 0.5) is 0 Å². The Kier molecular flexibility index (Phi) is 5.09. The summed E-state index contributed by atoms with van der Waals surface area (Å²) in [5, 5.41) is 0. The largest absolute Gasteiger partial charge is 0.496 e. The molecule has 2 aromatic rings. The lowest BCUT2D eigenvalue weighted by Crippen LogP contribution is -1.98. The van der Waals surface area contributed by atoms with Gasteiger partial charge in [0.2, 0.25) is 0 Å². The molecule has 0 saturated heterocycles. The molecule has 0 fully saturated rings. The third-order valence-electron chi connectivity index (χ3n) is 2.84. The number of benzene rings is 2. The molecule has 1 unspecified atom stereocenters. The predicted octanol–water partition coefficient (Wildman–Crippen LogP) is 6.01. The molecule has 0 aliphatic carbocycles. The molecule has 100 valence electrons. The first-order valence-electron chi connectivity index (χ1n) is 5.76. The van der Waals surface area contributed by atoms with E-state index in [4.69, 9.17) is 4.74 Å². The molecule has 1 nitrogen and oxygen atoms in total. The van der Waals surface area contributed by atoms with Crippen LogP contribution in [-0.4, -0.2) is 7.11 Å². The first-order chi connectivity index (χ1) is 9.01. The minimum atomic E-state index is 0.0937. The van der Waals surface area contributed by atoms with Crippen LogP contribution in [0, 0.1) is 6.92 Å². The van der Waals surface area contributed by atoms with Gasteiger partial charge in [-0.1, -0.05) is 65.5 Å². The Labute approximate surface area is 138 Å². The maximum absolute atomic E-state index is 5.45. The third kappa shape index (κ3) is 3.61. The Bertz CT molecular complexity index is 576. The minimum absolute atomic E-state index is 0.0937. The third-order valence-corrected chi connectivity index (χ3v) is 4.77. The summed E-state index contributed by atoms with van der Waals surface area (Å²) in [6.45, 7) is 2.08. The zero-order valence-corrected chi connectivity index (χ0v) is 15.3. The zero-order chi connectivity index (χ0) is 14.0. The smallest absolute Gasteiger partial charge is 0.123 e. The average molecular weight is 449 g/mol. The van der Waals surface area contributed by atoms with Crippen LogP contribution < -0.4 is 4.74 Å². The number of alkyl halides is 1. The van der Waals surface area contributed by atoms with Gasteiger partial charge in [-0.3, -0.25) is 0 Å². The van der Waals surface area contributed by atoms with Crippen molar-refractivity contribution in [2.75, 3.05) is 7.11 Å². The second-order valence-corrected chi connectivity index (χ2v) is 7.06. The van der Waals surface area contributed by atoms with E-state index in [9.17, 15) is 0 Å². The van der Waals surface area contributed by atoms with E-state index in [-0.39, 0.29) is 4.83 Å². The Morgan fingerprint density at radius 2 is 1.63 bits per heavy atom. The van der Waals surface area contributed by atoms with Crippen molar-refractivity contribution in [3.8, 4) is 5.75 Å². The van der Waals surface area contributed by atoms with E-state index in [1.165, 1.54) is 11.1 Å². The molecule has 4 heteroatoms. The van der Waals surface area contributed by atoms with Crippen molar-refractivity contribution in [3.63, 3.8) is 0 Å². The van der Waals surface area contributed by atoms with E-state index in [0.29, 0.717) is 0 Å². The standard InChI is InChI=1S/C15H13Br3O/c1-9-3-4-14(19-2)13(5-9)15(18)10-6-11(16)8-12(17)7-10/h3-8,15H,1-2H3. The van der Waals surface area contributed by atoms with Crippen molar-refractivity contribution < 1.29 is 4.74 Å². The van der Waals surface area contributed by atoms with Gasteiger partial charge >= 0.3 is 0 Å². The van der Waals surface area contributed by atoms with Gasteiger partial charge < -0.3 is 4.74 Å². The predicted molar refractivity (Wildman–Crippen MR) is 90.3 cm³/mol. The van der Waals surface area contributed by atoms with Crippen molar-refractivity contribution in [1.29, 1.82) is 0 Å². The molecule has 0 saturated carbocycles. The van der Waals surface area contributed by atoms with Crippen LogP contribution in [0.25, 0.3) is 0 Å². The van der Waals surface area contributed by atoms with Crippen molar-refractivity contribution in [3.05, 3.63) is 62.0 Å². The lowest BCUT2D eigenvalue weighted by Gasteiger charge is -2.16. The van der Waals surface area contributed by atoms with Gasteiger partial charge in [-0.2, -0.15) is 0 Å². The first kappa shape index (κ1) is 15.1. The molecule has 0 aliphatic rings. The summed E-state index contributed by atoms with van der Waals surface area (Å²) in [5.41, 5.74) is 3.52. The summed E-state index contributed by atoms with van der Waals surface area (Å²) in [6.07, 6.45) is 0. The van der Waals surface area contributed by atoms with E-state index in [0.717, 1.165) is 20.3 Å². The molecule has 0 heterocycles. The summed E-state index contributed by atoms with van der Waals surface area (Å²) in [5.74, 6) is 0.892. The molecule has 0 radical (unpaired) electrons. The maximum Gasteiger partial charge on any atom is 0.123 e. The summed E-state index contributed by atoms with van der Waals surface area (Å²) in [4.78, 5) is 0.0937. The van der Waals surface area contributed by atoms with Crippen LogP contribution in [0.1, 0.15) is 21.5 Å². The number of hydrogen-bond acceptors (Lipinski definition) is 1. The highest BCUT2D eigenvalue weighted by Crippen LogP contribution is 2.38. The van der Waals surface area contributed by atoms with Crippen molar-refractivity contribution >= 4 is 47.8 Å². The quantitative estimate of drug-likeness (QED) is 0.522. The van der Waals surface area contributed by atoms with Gasteiger partial charge in [0.1, 0.15) is 5.75 Å². The van der Waals surface area contributed by atoms with Gasteiger partial charge in [0.05, 0.1) is 11.9 Å². The Balaban J connectivity index is 2.48. The maximum atomic E-state index is 5.45. The second-order valence-electron chi connectivity index (χ2n) is 4.31. The average Bonchev–Trinajstić information content (AvgIpc) is 2.36. The second kappa shape index (κ2) is 6.42. The molecule has 2 rings (SSSR count). The highest BCUT2D eigenvalue weighted by atomic mass is 79.9. The molecule has 0 amide bonds. The molecule has 2 aromatic carbocycles. The monoisotopic (exact) mass is 446 g/mol. The van der Waals surface area contributed by atoms with E-state index in [1.54, 1.807) is 7.11 Å². The number of rotatable bonds is 3. The molecule has 1 atom stereocenters. The molecule has 0 spiro atoms. The van der Waals surface area contributed by atoms with E-state index in [1.807, 2.05) is 12.1 Å². The fraction of sp³-hybridized carbons (Fsp3) is 0.200. The number of aryl methyl sites for hydroxylation is 1. The van der Waals surface area contributed by atoms with Crippen molar-refractivity contribution in [2.24, 2.45) is 0 Å². The molecule has 0 N–H and O–H groups in total. The summed E-state index contributed by atoms with van der Waals surface area (Å²) in [7, 11) is 1.70.